The summed E-state index contributed by atoms with van der Waals surface area (Å²) in [5, 5.41) is 11.3. The maximum absolute atomic E-state index is 5.22. The highest BCUT2D eigenvalue weighted by atomic mass is 16.5. The normalized spacial score (nSPS) is 18.0. The summed E-state index contributed by atoms with van der Waals surface area (Å²) < 4.78 is 7.16. The second-order valence-corrected chi connectivity index (χ2v) is 5.24. The number of nitrogens with one attached hydrogen (secondary N) is 1. The fraction of sp³-hybridized carbons (Fsp3) is 0.846. The predicted molar refractivity (Wildman–Crippen MR) is 73.8 cm³/mol. The fourth-order valence-electron chi connectivity index (χ4n) is 2.57. The van der Waals surface area contributed by atoms with Crippen molar-refractivity contribution in [1.29, 1.82) is 0 Å². The average molecular weight is 267 g/mol. The number of hydrogen-bond acceptors (Lipinski definition) is 5. The second-order valence-electron chi connectivity index (χ2n) is 5.24. The van der Waals surface area contributed by atoms with E-state index in [1.54, 1.807) is 7.11 Å². The third kappa shape index (κ3) is 4.56. The third-order valence-electron chi connectivity index (χ3n) is 3.70. The van der Waals surface area contributed by atoms with E-state index in [1.807, 2.05) is 17.9 Å². The predicted octanol–water partition coefficient (Wildman–Crippen LogP) is 0.356. The van der Waals surface area contributed by atoms with Gasteiger partial charge in [0.25, 0.3) is 0 Å². The standard InChI is InChI=1S/C13H25N5O/c1-14-9-13-10-18(16-15-13)8-7-17-5-3-12(4-6-17)11-19-2/h10,12,14H,3-9,11H2,1-2H3. The van der Waals surface area contributed by atoms with Gasteiger partial charge in [-0.25, -0.2) is 0 Å². The van der Waals surface area contributed by atoms with Gasteiger partial charge in [-0.05, 0) is 38.9 Å². The smallest absolute Gasteiger partial charge is 0.0964 e. The summed E-state index contributed by atoms with van der Waals surface area (Å²) in [7, 11) is 3.71. The Hall–Kier alpha value is -0.980. The van der Waals surface area contributed by atoms with E-state index in [0.717, 1.165) is 37.9 Å². The summed E-state index contributed by atoms with van der Waals surface area (Å²) in [6.07, 6.45) is 4.51. The van der Waals surface area contributed by atoms with Gasteiger partial charge in [-0.2, -0.15) is 0 Å². The van der Waals surface area contributed by atoms with E-state index in [2.05, 4.69) is 20.5 Å². The molecule has 1 aromatic rings. The number of ether oxygens (including phenoxy) is 1. The number of hydrogen-bond donors (Lipinski definition) is 1. The Kier molecular flexibility index (Phi) is 5.75. The van der Waals surface area contributed by atoms with Gasteiger partial charge in [-0.3, -0.25) is 4.68 Å². The summed E-state index contributed by atoms with van der Waals surface area (Å²) in [5.74, 6) is 0.745. The van der Waals surface area contributed by atoms with Crippen LogP contribution in [0.3, 0.4) is 0 Å². The first-order chi connectivity index (χ1) is 9.31. The van der Waals surface area contributed by atoms with Crippen molar-refractivity contribution in [3.63, 3.8) is 0 Å². The lowest BCUT2D eigenvalue weighted by Gasteiger charge is -2.31. The molecular formula is C13H25N5O. The Balaban J connectivity index is 1.68. The van der Waals surface area contributed by atoms with E-state index >= 15 is 0 Å². The zero-order chi connectivity index (χ0) is 13.5. The Morgan fingerprint density at radius 3 is 2.84 bits per heavy atom. The summed E-state index contributed by atoms with van der Waals surface area (Å²) in [6, 6.07) is 0. The molecule has 1 aliphatic heterocycles. The highest BCUT2D eigenvalue weighted by Crippen LogP contribution is 2.16. The van der Waals surface area contributed by atoms with Gasteiger partial charge in [0.05, 0.1) is 12.2 Å². The van der Waals surface area contributed by atoms with Gasteiger partial charge in [0, 0.05) is 33.0 Å². The molecule has 0 aromatic carbocycles. The minimum atomic E-state index is 0.745. The molecule has 1 aliphatic rings. The average Bonchev–Trinajstić information content (AvgIpc) is 2.87. The van der Waals surface area contributed by atoms with Crippen LogP contribution in [0.15, 0.2) is 6.20 Å². The molecule has 108 valence electrons. The van der Waals surface area contributed by atoms with Crippen molar-refractivity contribution in [3.8, 4) is 0 Å². The molecule has 1 fully saturated rings. The van der Waals surface area contributed by atoms with Crippen LogP contribution in [0.5, 0.6) is 0 Å². The van der Waals surface area contributed by atoms with E-state index in [0.29, 0.717) is 0 Å². The Morgan fingerprint density at radius 2 is 2.16 bits per heavy atom. The molecule has 19 heavy (non-hydrogen) atoms. The van der Waals surface area contributed by atoms with E-state index in [9.17, 15) is 0 Å². The van der Waals surface area contributed by atoms with Crippen LogP contribution in [-0.2, 0) is 17.8 Å². The van der Waals surface area contributed by atoms with E-state index in [-0.39, 0.29) is 0 Å². The van der Waals surface area contributed by atoms with E-state index < -0.39 is 0 Å². The van der Waals surface area contributed by atoms with E-state index in [1.165, 1.54) is 25.9 Å². The molecule has 0 atom stereocenters. The minimum Gasteiger partial charge on any atom is -0.384 e. The van der Waals surface area contributed by atoms with Gasteiger partial charge in [0.15, 0.2) is 0 Å². The highest BCUT2D eigenvalue weighted by molar-refractivity contribution is 4.91. The molecule has 0 amide bonds. The third-order valence-corrected chi connectivity index (χ3v) is 3.70. The van der Waals surface area contributed by atoms with Gasteiger partial charge in [-0.1, -0.05) is 5.21 Å². The molecule has 0 spiro atoms. The largest absolute Gasteiger partial charge is 0.384 e. The molecule has 0 unspecified atom stereocenters. The number of nitrogens with zero attached hydrogens (tertiary/aromatic N) is 4. The van der Waals surface area contributed by atoms with Crippen LogP contribution in [0.2, 0.25) is 0 Å². The summed E-state index contributed by atoms with van der Waals surface area (Å²) in [4.78, 5) is 2.51. The lowest BCUT2D eigenvalue weighted by molar-refractivity contribution is 0.0976. The highest BCUT2D eigenvalue weighted by Gasteiger charge is 2.18. The molecule has 6 heteroatoms. The monoisotopic (exact) mass is 267 g/mol. The molecule has 2 heterocycles. The Bertz CT molecular complexity index is 360. The lowest BCUT2D eigenvalue weighted by Crippen LogP contribution is -2.37. The SMILES string of the molecule is CNCc1cn(CCN2CCC(COC)CC2)nn1. The van der Waals surface area contributed by atoms with Gasteiger partial charge in [0.1, 0.15) is 0 Å². The van der Waals surface area contributed by atoms with E-state index in [4.69, 9.17) is 4.74 Å². The number of likely N-dealkylation sites (tertiary alicyclic amines) is 1. The van der Waals surface area contributed by atoms with Gasteiger partial charge < -0.3 is 15.0 Å². The zero-order valence-corrected chi connectivity index (χ0v) is 12.0. The van der Waals surface area contributed by atoms with Crippen LogP contribution >= 0.6 is 0 Å². The number of piperidine rings is 1. The molecule has 0 bridgehead atoms. The Morgan fingerprint density at radius 1 is 1.37 bits per heavy atom. The van der Waals surface area contributed by atoms with Crippen molar-refractivity contribution in [2.24, 2.45) is 5.92 Å². The van der Waals surface area contributed by atoms with Crippen molar-refractivity contribution in [2.75, 3.05) is 40.4 Å². The van der Waals surface area contributed by atoms with Crippen LogP contribution in [0.1, 0.15) is 18.5 Å². The van der Waals surface area contributed by atoms with Crippen LogP contribution in [0.25, 0.3) is 0 Å². The fourth-order valence-corrected chi connectivity index (χ4v) is 2.57. The Labute approximate surface area is 115 Å². The van der Waals surface area contributed by atoms with Crippen LogP contribution in [0.4, 0.5) is 0 Å². The summed E-state index contributed by atoms with van der Waals surface area (Å²) in [6.45, 7) is 6.01. The topological polar surface area (TPSA) is 55.2 Å². The molecular weight excluding hydrogens is 242 g/mol. The lowest BCUT2D eigenvalue weighted by atomic mass is 9.98. The second kappa shape index (κ2) is 7.57. The number of methoxy groups -OCH3 is 1. The first-order valence-corrected chi connectivity index (χ1v) is 7.06. The van der Waals surface area contributed by atoms with Crippen molar-refractivity contribution >= 4 is 0 Å². The molecule has 0 aliphatic carbocycles. The molecule has 1 N–H and O–H groups in total. The van der Waals surface area contributed by atoms with Crippen LogP contribution < -0.4 is 5.32 Å². The molecule has 0 saturated carbocycles. The van der Waals surface area contributed by atoms with Crippen molar-refractivity contribution in [1.82, 2.24) is 25.2 Å². The molecule has 1 aromatic heterocycles. The molecule has 6 nitrogen and oxygen atoms in total. The zero-order valence-electron chi connectivity index (χ0n) is 12.0. The molecule has 0 radical (unpaired) electrons. The minimum absolute atomic E-state index is 0.745. The maximum atomic E-state index is 5.22. The number of rotatable bonds is 7. The van der Waals surface area contributed by atoms with Crippen molar-refractivity contribution in [2.45, 2.75) is 25.9 Å². The van der Waals surface area contributed by atoms with Crippen LogP contribution in [-0.4, -0.2) is 60.3 Å². The summed E-state index contributed by atoms with van der Waals surface area (Å²) in [5.41, 5.74) is 1.00. The number of aromatic nitrogens is 3. The summed E-state index contributed by atoms with van der Waals surface area (Å²) >= 11 is 0. The molecule has 2 rings (SSSR count). The quantitative estimate of drug-likeness (QED) is 0.773. The van der Waals surface area contributed by atoms with Crippen molar-refractivity contribution in [3.05, 3.63) is 11.9 Å². The van der Waals surface area contributed by atoms with Gasteiger partial charge in [0.2, 0.25) is 0 Å². The first kappa shape index (κ1) is 14.4. The molecule has 1 saturated heterocycles. The maximum Gasteiger partial charge on any atom is 0.0964 e. The van der Waals surface area contributed by atoms with Gasteiger partial charge >= 0.3 is 0 Å². The van der Waals surface area contributed by atoms with Gasteiger partial charge in [-0.15, -0.1) is 5.10 Å². The van der Waals surface area contributed by atoms with Crippen LogP contribution in [0, 0.1) is 5.92 Å². The first-order valence-electron chi connectivity index (χ1n) is 7.06. The van der Waals surface area contributed by atoms with Crippen molar-refractivity contribution < 1.29 is 4.74 Å².